The van der Waals surface area contributed by atoms with E-state index >= 15 is 0 Å². The summed E-state index contributed by atoms with van der Waals surface area (Å²) in [5, 5.41) is 4.16. The van der Waals surface area contributed by atoms with Crippen molar-refractivity contribution < 1.29 is 4.79 Å². The summed E-state index contributed by atoms with van der Waals surface area (Å²) >= 11 is 0. The van der Waals surface area contributed by atoms with Crippen molar-refractivity contribution >= 4 is 22.6 Å². The van der Waals surface area contributed by atoms with E-state index in [1.807, 2.05) is 30.3 Å². The van der Waals surface area contributed by atoms with E-state index in [0.717, 1.165) is 49.3 Å². The molecule has 5 heteroatoms. The molecule has 0 saturated carbocycles. The van der Waals surface area contributed by atoms with Crippen molar-refractivity contribution in [3.05, 3.63) is 30.3 Å². The molecule has 1 unspecified atom stereocenters. The number of aromatic nitrogens is 1. The Morgan fingerprint density at radius 1 is 1.27 bits per heavy atom. The second kappa shape index (κ2) is 6.50. The molecule has 0 spiro atoms. The molecule has 1 fully saturated rings. The summed E-state index contributed by atoms with van der Waals surface area (Å²) in [6.07, 6.45) is 0.829. The summed E-state index contributed by atoms with van der Waals surface area (Å²) < 4.78 is 0. The van der Waals surface area contributed by atoms with E-state index in [2.05, 4.69) is 34.1 Å². The Kier molecular flexibility index (Phi) is 4.45. The Bertz CT molecular complexity index is 610. The van der Waals surface area contributed by atoms with Gasteiger partial charge in [-0.05, 0) is 25.6 Å². The number of anilines is 1. The monoisotopic (exact) mass is 300 g/mol. The van der Waals surface area contributed by atoms with Gasteiger partial charge < -0.3 is 15.2 Å². The van der Waals surface area contributed by atoms with Crippen LogP contribution >= 0.6 is 0 Å². The van der Waals surface area contributed by atoms with Gasteiger partial charge in [0.25, 0.3) is 0 Å². The van der Waals surface area contributed by atoms with Crippen LogP contribution in [-0.2, 0) is 4.79 Å². The lowest BCUT2D eigenvalue weighted by atomic mass is 10.1. The normalized spacial score (nSPS) is 18.5. The first-order valence-corrected chi connectivity index (χ1v) is 7.98. The third-order valence-electron chi connectivity index (χ3n) is 4.46. The maximum Gasteiger partial charge on any atom is 0.242 e. The highest BCUT2D eigenvalue weighted by Crippen LogP contribution is 2.19. The zero-order valence-corrected chi connectivity index (χ0v) is 13.3. The predicted molar refractivity (Wildman–Crippen MR) is 90.1 cm³/mol. The van der Waals surface area contributed by atoms with E-state index in [1.54, 1.807) is 0 Å². The molecule has 1 aliphatic rings. The fourth-order valence-corrected chi connectivity index (χ4v) is 3.10. The number of aromatic amines is 1. The minimum atomic E-state index is -0.0555. The Balaban J connectivity index is 1.68. The van der Waals surface area contributed by atoms with Gasteiger partial charge >= 0.3 is 0 Å². The molecule has 2 aromatic rings. The number of para-hydroxylation sites is 1. The average Bonchev–Trinajstić information content (AvgIpc) is 2.92. The van der Waals surface area contributed by atoms with Gasteiger partial charge in [0.15, 0.2) is 0 Å². The van der Waals surface area contributed by atoms with Crippen LogP contribution < -0.4 is 5.32 Å². The molecule has 118 valence electrons. The van der Waals surface area contributed by atoms with Crippen molar-refractivity contribution in [1.29, 1.82) is 0 Å². The third-order valence-corrected chi connectivity index (χ3v) is 4.46. The van der Waals surface area contributed by atoms with Crippen LogP contribution in [0.5, 0.6) is 0 Å². The largest absolute Gasteiger partial charge is 0.341 e. The number of hydrogen-bond donors (Lipinski definition) is 2. The standard InChI is InChI=1S/C17H24N4O/c1-3-15(21-10-8-20(2)9-11-21)17(22)19-16-12-13-6-4-5-7-14(13)18-16/h4-7,12,15,18H,3,8-11H2,1-2H3,(H,19,22). The Hall–Kier alpha value is -1.85. The summed E-state index contributed by atoms with van der Waals surface area (Å²) in [6, 6.07) is 9.98. The number of piperazine rings is 1. The van der Waals surface area contributed by atoms with Gasteiger partial charge in [-0.15, -0.1) is 0 Å². The average molecular weight is 300 g/mol. The van der Waals surface area contributed by atoms with Crippen LogP contribution in [0.15, 0.2) is 30.3 Å². The molecule has 1 amide bonds. The van der Waals surface area contributed by atoms with E-state index in [0.29, 0.717) is 0 Å². The predicted octanol–water partition coefficient (Wildman–Crippen LogP) is 2.13. The number of hydrogen-bond acceptors (Lipinski definition) is 3. The van der Waals surface area contributed by atoms with E-state index in [9.17, 15) is 4.79 Å². The molecule has 3 rings (SSSR count). The van der Waals surface area contributed by atoms with E-state index in [-0.39, 0.29) is 11.9 Å². The van der Waals surface area contributed by atoms with Crippen LogP contribution in [0.3, 0.4) is 0 Å². The highest BCUT2D eigenvalue weighted by Gasteiger charge is 2.27. The number of nitrogens with one attached hydrogen (secondary N) is 2. The molecule has 0 aliphatic carbocycles. The number of carbonyl (C=O) groups is 1. The molecular formula is C17H24N4O. The zero-order valence-electron chi connectivity index (χ0n) is 13.3. The Labute approximate surface area is 131 Å². The second-order valence-corrected chi connectivity index (χ2v) is 6.02. The van der Waals surface area contributed by atoms with Gasteiger partial charge in [0.05, 0.1) is 6.04 Å². The van der Waals surface area contributed by atoms with Crippen LogP contribution in [0.4, 0.5) is 5.82 Å². The van der Waals surface area contributed by atoms with Crippen LogP contribution in [0.2, 0.25) is 0 Å². The lowest BCUT2D eigenvalue weighted by Crippen LogP contribution is -2.52. The van der Waals surface area contributed by atoms with E-state index in [1.165, 1.54) is 0 Å². The summed E-state index contributed by atoms with van der Waals surface area (Å²) in [4.78, 5) is 20.5. The Morgan fingerprint density at radius 2 is 2.00 bits per heavy atom. The minimum absolute atomic E-state index is 0.0555. The van der Waals surface area contributed by atoms with Gasteiger partial charge in [-0.2, -0.15) is 0 Å². The molecule has 1 aliphatic heterocycles. The van der Waals surface area contributed by atoms with Crippen LogP contribution in [0.25, 0.3) is 10.9 Å². The van der Waals surface area contributed by atoms with Gasteiger partial charge in [0.1, 0.15) is 5.82 Å². The number of carbonyl (C=O) groups excluding carboxylic acids is 1. The zero-order chi connectivity index (χ0) is 15.5. The van der Waals surface area contributed by atoms with Crippen LogP contribution in [0.1, 0.15) is 13.3 Å². The molecule has 1 saturated heterocycles. The van der Waals surface area contributed by atoms with Crippen molar-refractivity contribution in [2.75, 3.05) is 38.5 Å². The SMILES string of the molecule is CCC(C(=O)Nc1cc2ccccc2[nH]1)N1CCN(C)CC1. The number of benzene rings is 1. The van der Waals surface area contributed by atoms with Gasteiger partial charge in [-0.25, -0.2) is 0 Å². The first kappa shape index (κ1) is 15.1. The number of fused-ring (bicyclic) bond motifs is 1. The topological polar surface area (TPSA) is 51.4 Å². The van der Waals surface area contributed by atoms with Crippen molar-refractivity contribution in [3.63, 3.8) is 0 Å². The summed E-state index contributed by atoms with van der Waals surface area (Å²) in [5.41, 5.74) is 1.05. The number of likely N-dealkylation sites (N-methyl/N-ethyl adjacent to an activating group) is 1. The Morgan fingerprint density at radius 3 is 2.68 bits per heavy atom. The molecule has 0 radical (unpaired) electrons. The number of nitrogens with zero attached hydrogens (tertiary/aromatic N) is 2. The third kappa shape index (κ3) is 3.15. The van der Waals surface area contributed by atoms with Crippen molar-refractivity contribution in [3.8, 4) is 0 Å². The second-order valence-electron chi connectivity index (χ2n) is 6.02. The lowest BCUT2D eigenvalue weighted by molar-refractivity contribution is -0.122. The van der Waals surface area contributed by atoms with Gasteiger partial charge in [-0.3, -0.25) is 9.69 Å². The highest BCUT2D eigenvalue weighted by molar-refractivity contribution is 5.96. The molecule has 1 aromatic carbocycles. The number of H-pyrrole nitrogens is 1. The molecule has 0 bridgehead atoms. The number of rotatable bonds is 4. The summed E-state index contributed by atoms with van der Waals surface area (Å²) in [7, 11) is 2.13. The summed E-state index contributed by atoms with van der Waals surface area (Å²) in [6.45, 7) is 6.03. The lowest BCUT2D eigenvalue weighted by Gasteiger charge is -2.36. The first-order chi connectivity index (χ1) is 10.7. The van der Waals surface area contributed by atoms with Crippen molar-refractivity contribution in [1.82, 2.24) is 14.8 Å². The van der Waals surface area contributed by atoms with Crippen LogP contribution in [-0.4, -0.2) is 60.0 Å². The maximum atomic E-state index is 12.6. The minimum Gasteiger partial charge on any atom is -0.341 e. The molecule has 2 heterocycles. The highest BCUT2D eigenvalue weighted by atomic mass is 16.2. The summed E-state index contributed by atoms with van der Waals surface area (Å²) in [5.74, 6) is 0.859. The van der Waals surface area contributed by atoms with Crippen molar-refractivity contribution in [2.45, 2.75) is 19.4 Å². The first-order valence-electron chi connectivity index (χ1n) is 7.98. The van der Waals surface area contributed by atoms with Gasteiger partial charge in [-0.1, -0.05) is 25.1 Å². The van der Waals surface area contributed by atoms with Crippen molar-refractivity contribution in [2.24, 2.45) is 0 Å². The molecule has 2 N–H and O–H groups in total. The van der Waals surface area contributed by atoms with E-state index < -0.39 is 0 Å². The fraction of sp³-hybridized carbons (Fsp3) is 0.471. The number of amides is 1. The molecule has 5 nitrogen and oxygen atoms in total. The van der Waals surface area contributed by atoms with Gasteiger partial charge in [0.2, 0.25) is 5.91 Å². The smallest absolute Gasteiger partial charge is 0.242 e. The molecule has 1 aromatic heterocycles. The molecule has 1 atom stereocenters. The maximum absolute atomic E-state index is 12.6. The molecular weight excluding hydrogens is 276 g/mol. The van der Waals surface area contributed by atoms with Gasteiger partial charge in [0, 0.05) is 37.1 Å². The fourth-order valence-electron chi connectivity index (χ4n) is 3.10. The van der Waals surface area contributed by atoms with Crippen LogP contribution in [0, 0.1) is 0 Å². The van der Waals surface area contributed by atoms with E-state index in [4.69, 9.17) is 0 Å². The molecule has 22 heavy (non-hydrogen) atoms. The quantitative estimate of drug-likeness (QED) is 0.909.